The molecule has 0 amide bonds. The van der Waals surface area contributed by atoms with Crippen LogP contribution in [0.3, 0.4) is 0 Å². The average molecular weight is 287 g/mol. The predicted octanol–water partition coefficient (Wildman–Crippen LogP) is 2.58. The summed E-state index contributed by atoms with van der Waals surface area (Å²) in [5.74, 6) is 0. The van der Waals surface area contributed by atoms with Crippen LogP contribution in [0.2, 0.25) is 0 Å². The zero-order chi connectivity index (χ0) is 15.2. The molecule has 0 bridgehead atoms. The van der Waals surface area contributed by atoms with Crippen molar-refractivity contribution in [3.63, 3.8) is 0 Å². The first-order valence-electron chi connectivity index (χ1n) is 7.23. The van der Waals surface area contributed by atoms with E-state index >= 15 is 0 Å². The molecule has 0 aliphatic heterocycles. The van der Waals surface area contributed by atoms with Crippen LogP contribution in [0.5, 0.6) is 6.01 Å². The van der Waals surface area contributed by atoms with E-state index in [0.717, 1.165) is 29.8 Å². The Kier molecular flexibility index (Phi) is 5.09. The van der Waals surface area contributed by atoms with Crippen LogP contribution >= 0.6 is 0 Å². The maximum Gasteiger partial charge on any atom is 0.316 e. The molecular weight excluding hydrogens is 266 g/mol. The van der Waals surface area contributed by atoms with Gasteiger partial charge >= 0.3 is 6.01 Å². The van der Waals surface area contributed by atoms with Crippen molar-refractivity contribution in [3.05, 3.63) is 40.4 Å². The van der Waals surface area contributed by atoms with E-state index in [9.17, 15) is 4.79 Å². The van der Waals surface area contributed by atoms with Crippen molar-refractivity contribution in [3.8, 4) is 17.3 Å². The molecule has 21 heavy (non-hydrogen) atoms. The monoisotopic (exact) mass is 287 g/mol. The van der Waals surface area contributed by atoms with Gasteiger partial charge < -0.3 is 9.30 Å². The van der Waals surface area contributed by atoms with Crippen LogP contribution in [0, 0.1) is 0 Å². The zero-order valence-corrected chi connectivity index (χ0v) is 12.8. The van der Waals surface area contributed by atoms with Gasteiger partial charge in [0.1, 0.15) is 0 Å². The molecule has 5 heteroatoms. The Morgan fingerprint density at radius 3 is 2.71 bits per heavy atom. The summed E-state index contributed by atoms with van der Waals surface area (Å²) in [4.78, 5) is 20.2. The second kappa shape index (κ2) is 7.02. The van der Waals surface area contributed by atoms with Crippen molar-refractivity contribution >= 4 is 0 Å². The first-order valence-corrected chi connectivity index (χ1v) is 7.23. The fourth-order valence-electron chi connectivity index (χ4n) is 2.14. The van der Waals surface area contributed by atoms with Crippen molar-refractivity contribution in [2.75, 3.05) is 7.11 Å². The molecule has 2 aromatic rings. The number of pyridine rings is 1. The molecule has 0 aliphatic rings. The third-order valence-electron chi connectivity index (χ3n) is 3.36. The Morgan fingerprint density at radius 1 is 1.24 bits per heavy atom. The quantitative estimate of drug-likeness (QED) is 0.766. The number of rotatable bonds is 6. The topological polar surface area (TPSA) is 57.0 Å². The van der Waals surface area contributed by atoms with Gasteiger partial charge in [0.2, 0.25) is 5.56 Å². The Bertz CT molecular complexity index is 665. The highest BCUT2D eigenvalue weighted by Crippen LogP contribution is 2.20. The molecule has 0 radical (unpaired) electrons. The van der Waals surface area contributed by atoms with E-state index in [1.54, 1.807) is 37.1 Å². The molecule has 5 nitrogen and oxygen atoms in total. The summed E-state index contributed by atoms with van der Waals surface area (Å²) in [6.45, 7) is 2.18. The molecule has 0 saturated heterocycles. The van der Waals surface area contributed by atoms with Crippen molar-refractivity contribution in [1.29, 1.82) is 0 Å². The van der Waals surface area contributed by atoms with E-state index in [2.05, 4.69) is 16.9 Å². The summed E-state index contributed by atoms with van der Waals surface area (Å²) in [5, 5.41) is 0. The van der Waals surface area contributed by atoms with E-state index in [1.165, 1.54) is 12.8 Å². The van der Waals surface area contributed by atoms with Gasteiger partial charge in [-0.15, -0.1) is 0 Å². The van der Waals surface area contributed by atoms with E-state index in [0.29, 0.717) is 6.01 Å². The van der Waals surface area contributed by atoms with Gasteiger partial charge in [-0.2, -0.15) is 4.98 Å². The zero-order valence-electron chi connectivity index (χ0n) is 12.8. The minimum atomic E-state index is -0.0389. The van der Waals surface area contributed by atoms with E-state index in [1.807, 2.05) is 6.07 Å². The number of methoxy groups -OCH3 is 1. The first kappa shape index (κ1) is 15.2. The van der Waals surface area contributed by atoms with Crippen LogP contribution < -0.4 is 10.3 Å². The lowest BCUT2D eigenvalue weighted by Crippen LogP contribution is -2.14. The fourth-order valence-corrected chi connectivity index (χ4v) is 2.14. The van der Waals surface area contributed by atoms with Crippen LogP contribution in [0.15, 0.2) is 29.2 Å². The molecule has 2 rings (SSSR count). The lowest BCUT2D eigenvalue weighted by molar-refractivity contribution is 0.378. The lowest BCUT2D eigenvalue weighted by atomic mass is 10.1. The van der Waals surface area contributed by atoms with E-state index in [-0.39, 0.29) is 5.56 Å². The first-order chi connectivity index (χ1) is 10.1. The Hall–Kier alpha value is -2.17. The normalized spacial score (nSPS) is 10.6. The molecule has 112 valence electrons. The smallest absolute Gasteiger partial charge is 0.316 e. The Labute approximate surface area is 124 Å². The summed E-state index contributed by atoms with van der Waals surface area (Å²) in [6.07, 6.45) is 6.14. The highest BCUT2D eigenvalue weighted by atomic mass is 16.5. The molecule has 0 aliphatic carbocycles. The van der Waals surface area contributed by atoms with Crippen molar-refractivity contribution in [1.82, 2.24) is 14.5 Å². The summed E-state index contributed by atoms with van der Waals surface area (Å²) in [5.41, 5.74) is 2.60. The average Bonchev–Trinajstić information content (AvgIpc) is 2.50. The van der Waals surface area contributed by atoms with E-state index < -0.39 is 0 Å². The minimum Gasteiger partial charge on any atom is -0.467 e. The number of ether oxygens (including phenoxy) is 1. The number of aromatic nitrogens is 3. The number of nitrogens with zero attached hydrogens (tertiary/aromatic N) is 3. The number of hydrogen-bond donors (Lipinski definition) is 0. The van der Waals surface area contributed by atoms with E-state index in [4.69, 9.17) is 4.74 Å². The Morgan fingerprint density at radius 2 is 2.05 bits per heavy atom. The van der Waals surface area contributed by atoms with Crippen molar-refractivity contribution in [2.24, 2.45) is 7.05 Å². The maximum absolute atomic E-state index is 11.5. The fraction of sp³-hybridized carbons (Fsp3) is 0.438. The van der Waals surface area contributed by atoms with Crippen LogP contribution in [-0.4, -0.2) is 21.6 Å². The van der Waals surface area contributed by atoms with Crippen LogP contribution in [0.4, 0.5) is 0 Å². The van der Waals surface area contributed by atoms with Crippen LogP contribution in [0.25, 0.3) is 11.3 Å². The molecular formula is C16H21N3O2. The number of unbranched alkanes of at least 4 members (excludes halogenated alkanes) is 2. The largest absolute Gasteiger partial charge is 0.467 e. The third kappa shape index (κ3) is 3.90. The highest BCUT2D eigenvalue weighted by molar-refractivity contribution is 5.58. The SMILES string of the molecule is CCCCCc1cc(-c2ccc(=O)n(C)c2)nc(OC)n1. The second-order valence-corrected chi connectivity index (χ2v) is 5.06. The van der Waals surface area contributed by atoms with Gasteiger partial charge in [0, 0.05) is 30.6 Å². The second-order valence-electron chi connectivity index (χ2n) is 5.06. The van der Waals surface area contributed by atoms with Crippen molar-refractivity contribution < 1.29 is 4.74 Å². The highest BCUT2D eigenvalue weighted by Gasteiger charge is 2.08. The summed E-state index contributed by atoms with van der Waals surface area (Å²) >= 11 is 0. The maximum atomic E-state index is 11.5. The van der Waals surface area contributed by atoms with Gasteiger partial charge in [0.05, 0.1) is 12.8 Å². The van der Waals surface area contributed by atoms with Gasteiger partial charge in [-0.1, -0.05) is 19.8 Å². The molecule has 0 saturated carbocycles. The molecule has 0 spiro atoms. The summed E-state index contributed by atoms with van der Waals surface area (Å²) in [7, 11) is 3.29. The van der Waals surface area contributed by atoms with Gasteiger partial charge in [0.15, 0.2) is 0 Å². The molecule has 0 fully saturated rings. The Balaban J connectivity index is 2.35. The molecule has 0 N–H and O–H groups in total. The van der Waals surface area contributed by atoms with Gasteiger partial charge in [-0.3, -0.25) is 4.79 Å². The van der Waals surface area contributed by atoms with Gasteiger partial charge in [0.25, 0.3) is 0 Å². The third-order valence-corrected chi connectivity index (χ3v) is 3.36. The minimum absolute atomic E-state index is 0.0389. The van der Waals surface area contributed by atoms with Crippen LogP contribution in [0.1, 0.15) is 31.9 Å². The summed E-state index contributed by atoms with van der Waals surface area (Å²) in [6, 6.07) is 5.66. The number of hydrogen-bond acceptors (Lipinski definition) is 4. The molecule has 0 atom stereocenters. The molecule has 2 aromatic heterocycles. The van der Waals surface area contributed by atoms with Crippen molar-refractivity contribution in [2.45, 2.75) is 32.6 Å². The predicted molar refractivity (Wildman–Crippen MR) is 82.5 cm³/mol. The van der Waals surface area contributed by atoms with Gasteiger partial charge in [-0.05, 0) is 25.0 Å². The van der Waals surface area contributed by atoms with Crippen LogP contribution in [-0.2, 0) is 13.5 Å². The molecule has 0 aromatic carbocycles. The van der Waals surface area contributed by atoms with Gasteiger partial charge in [-0.25, -0.2) is 4.98 Å². The molecule has 0 unspecified atom stereocenters. The number of aryl methyl sites for hydroxylation is 2. The standard InChI is InChI=1S/C16H21N3O2/c1-4-5-6-7-13-10-14(18-16(17-13)21-3)12-8-9-15(20)19(2)11-12/h8-11H,4-7H2,1-3H3. The lowest BCUT2D eigenvalue weighted by Gasteiger charge is -2.08. The molecule has 2 heterocycles. The summed E-state index contributed by atoms with van der Waals surface area (Å²) < 4.78 is 6.73.